The molecule has 1 heterocycles. The van der Waals surface area contributed by atoms with Gasteiger partial charge in [0, 0.05) is 10.8 Å². The predicted molar refractivity (Wildman–Crippen MR) is 83.8 cm³/mol. The van der Waals surface area contributed by atoms with E-state index >= 15 is 0 Å². The van der Waals surface area contributed by atoms with E-state index in [4.69, 9.17) is 0 Å². The van der Waals surface area contributed by atoms with Gasteiger partial charge in [-0.05, 0) is 44.9 Å². The smallest absolute Gasteiger partial charge is 0.223 e. The first-order valence-corrected chi connectivity index (χ1v) is 8.44. The second kappa shape index (κ2) is 6.25. The Kier molecular flexibility index (Phi) is 4.84. The molecule has 0 aromatic carbocycles. The molecule has 20 heavy (non-hydrogen) atoms. The molecule has 3 nitrogen and oxygen atoms in total. The van der Waals surface area contributed by atoms with Gasteiger partial charge in [-0.15, -0.1) is 11.3 Å². The van der Waals surface area contributed by atoms with Gasteiger partial charge in [0.2, 0.25) is 5.91 Å². The first-order valence-electron chi connectivity index (χ1n) is 7.62. The van der Waals surface area contributed by atoms with Crippen molar-refractivity contribution in [3.05, 3.63) is 15.6 Å². The van der Waals surface area contributed by atoms with Gasteiger partial charge in [0.1, 0.15) is 5.01 Å². The van der Waals surface area contributed by atoms with Gasteiger partial charge < -0.3 is 5.32 Å². The third kappa shape index (κ3) is 3.81. The van der Waals surface area contributed by atoms with Crippen LogP contribution in [0, 0.1) is 31.6 Å². The van der Waals surface area contributed by atoms with Crippen LogP contribution in [0.5, 0.6) is 0 Å². The fourth-order valence-electron chi connectivity index (χ4n) is 2.45. The molecule has 0 spiro atoms. The summed E-state index contributed by atoms with van der Waals surface area (Å²) in [5.74, 6) is 1.49. The molecule has 1 aliphatic rings. The summed E-state index contributed by atoms with van der Waals surface area (Å²) in [6, 6.07) is 0.0705. The number of aryl methyl sites for hydroxylation is 2. The first kappa shape index (κ1) is 15.5. The van der Waals surface area contributed by atoms with E-state index in [1.54, 1.807) is 11.3 Å². The molecule has 0 bridgehead atoms. The summed E-state index contributed by atoms with van der Waals surface area (Å²) in [6.07, 6.45) is 3.37. The van der Waals surface area contributed by atoms with Crippen LogP contribution in [-0.4, -0.2) is 10.9 Å². The molecule has 1 aromatic rings. The van der Waals surface area contributed by atoms with Gasteiger partial charge in [0.25, 0.3) is 0 Å². The van der Waals surface area contributed by atoms with Crippen LogP contribution in [0.1, 0.15) is 61.7 Å². The fourth-order valence-corrected chi connectivity index (χ4v) is 3.44. The molecular weight excluding hydrogens is 268 g/mol. The van der Waals surface area contributed by atoms with Gasteiger partial charge in [-0.1, -0.05) is 20.8 Å². The maximum atomic E-state index is 12.3. The highest BCUT2D eigenvalue weighted by Gasteiger charge is 2.34. The second-order valence-electron chi connectivity index (χ2n) is 6.51. The fraction of sp³-hybridized carbons (Fsp3) is 0.750. The molecule has 1 amide bonds. The highest BCUT2D eigenvalue weighted by atomic mass is 32.1. The summed E-state index contributed by atoms with van der Waals surface area (Å²) in [5.41, 5.74) is 1.09. The summed E-state index contributed by atoms with van der Waals surface area (Å²) in [4.78, 5) is 18.2. The van der Waals surface area contributed by atoms with Crippen LogP contribution >= 0.6 is 11.3 Å². The molecule has 2 atom stereocenters. The van der Waals surface area contributed by atoms with Gasteiger partial charge >= 0.3 is 0 Å². The zero-order valence-corrected chi connectivity index (χ0v) is 14.0. The van der Waals surface area contributed by atoms with E-state index in [1.807, 2.05) is 6.92 Å². The second-order valence-corrected chi connectivity index (χ2v) is 7.75. The number of hydrogen-bond donors (Lipinski definition) is 1. The molecule has 0 aliphatic heterocycles. The van der Waals surface area contributed by atoms with E-state index in [0.29, 0.717) is 11.8 Å². The molecule has 2 unspecified atom stereocenters. The van der Waals surface area contributed by atoms with Crippen LogP contribution < -0.4 is 5.32 Å². The molecule has 112 valence electrons. The summed E-state index contributed by atoms with van der Waals surface area (Å²) < 4.78 is 0. The maximum Gasteiger partial charge on any atom is 0.223 e. The predicted octanol–water partition coefficient (Wildman–Crippen LogP) is 4.01. The highest BCUT2D eigenvalue weighted by molar-refractivity contribution is 7.11. The Balaban J connectivity index is 2.08. The molecule has 1 fully saturated rings. The number of thiazole rings is 1. The average Bonchev–Trinajstić information content (AvgIpc) is 3.14. The number of nitrogens with one attached hydrogen (secondary N) is 1. The number of rotatable bonds is 6. The number of hydrogen-bond acceptors (Lipinski definition) is 3. The van der Waals surface area contributed by atoms with Crippen LogP contribution in [0.2, 0.25) is 0 Å². The van der Waals surface area contributed by atoms with Crippen molar-refractivity contribution in [3.8, 4) is 0 Å². The number of carbonyl (C=O) groups excluding carboxylic acids is 1. The summed E-state index contributed by atoms with van der Waals surface area (Å²) in [5, 5.41) is 4.30. The van der Waals surface area contributed by atoms with Crippen molar-refractivity contribution >= 4 is 17.2 Å². The summed E-state index contributed by atoms with van der Waals surface area (Å²) in [6.45, 7) is 10.6. The monoisotopic (exact) mass is 294 g/mol. The third-order valence-electron chi connectivity index (χ3n) is 4.11. The normalized spacial score (nSPS) is 18.1. The maximum absolute atomic E-state index is 12.3. The first-order chi connectivity index (χ1) is 9.38. The number of nitrogens with zero attached hydrogens (tertiary/aromatic N) is 1. The molecule has 1 saturated carbocycles. The molecule has 0 radical (unpaired) electrons. The zero-order chi connectivity index (χ0) is 14.9. The van der Waals surface area contributed by atoms with Crippen molar-refractivity contribution in [2.75, 3.05) is 0 Å². The minimum atomic E-state index is 0.0705. The van der Waals surface area contributed by atoms with E-state index < -0.39 is 0 Å². The van der Waals surface area contributed by atoms with Crippen LogP contribution in [0.3, 0.4) is 0 Å². The molecule has 4 heteroatoms. The Bertz CT molecular complexity index is 457. The van der Waals surface area contributed by atoms with Gasteiger partial charge in [-0.25, -0.2) is 4.98 Å². The third-order valence-corrected chi connectivity index (χ3v) is 5.30. The lowest BCUT2D eigenvalue weighted by atomic mass is 10.0. The molecule has 1 aromatic heterocycles. The van der Waals surface area contributed by atoms with Crippen LogP contribution in [-0.2, 0) is 4.79 Å². The quantitative estimate of drug-likeness (QED) is 0.861. The molecule has 2 rings (SSSR count). The molecular formula is C16H26N2OS. The lowest BCUT2D eigenvalue weighted by Crippen LogP contribution is -2.34. The number of aromatic nitrogens is 1. The van der Waals surface area contributed by atoms with E-state index in [0.717, 1.165) is 17.1 Å². The Labute approximate surface area is 126 Å². The van der Waals surface area contributed by atoms with Crippen molar-refractivity contribution in [2.45, 2.75) is 59.9 Å². The molecule has 1 aliphatic carbocycles. The van der Waals surface area contributed by atoms with Gasteiger partial charge in [0.05, 0.1) is 11.7 Å². The lowest BCUT2D eigenvalue weighted by molar-refractivity contribution is -0.126. The minimum Gasteiger partial charge on any atom is -0.347 e. The Morgan fingerprint density at radius 3 is 2.45 bits per heavy atom. The van der Waals surface area contributed by atoms with Gasteiger partial charge in [-0.3, -0.25) is 4.79 Å². The van der Waals surface area contributed by atoms with Gasteiger partial charge in [0.15, 0.2) is 0 Å². The van der Waals surface area contributed by atoms with E-state index in [-0.39, 0.29) is 17.9 Å². The van der Waals surface area contributed by atoms with E-state index in [2.05, 4.69) is 38.0 Å². The van der Waals surface area contributed by atoms with Crippen molar-refractivity contribution < 1.29 is 4.79 Å². The van der Waals surface area contributed by atoms with E-state index in [1.165, 1.54) is 17.7 Å². The Hall–Kier alpha value is -0.900. The number of carbonyl (C=O) groups is 1. The van der Waals surface area contributed by atoms with Gasteiger partial charge in [-0.2, -0.15) is 0 Å². The van der Waals surface area contributed by atoms with Crippen molar-refractivity contribution in [2.24, 2.45) is 17.8 Å². The van der Waals surface area contributed by atoms with Crippen molar-refractivity contribution in [1.29, 1.82) is 0 Å². The van der Waals surface area contributed by atoms with Crippen LogP contribution in [0.4, 0.5) is 0 Å². The molecule has 0 saturated heterocycles. The van der Waals surface area contributed by atoms with Crippen LogP contribution in [0.15, 0.2) is 0 Å². The standard InChI is InChI=1S/C16H26N2OS/c1-9(2)8-14(16-17-11(4)12(5)20-16)18-15(19)10(3)13-6-7-13/h9-10,13-14H,6-8H2,1-5H3,(H,18,19). The number of amides is 1. The largest absolute Gasteiger partial charge is 0.347 e. The Morgan fingerprint density at radius 2 is 2.00 bits per heavy atom. The lowest BCUT2D eigenvalue weighted by Gasteiger charge is -2.21. The zero-order valence-electron chi connectivity index (χ0n) is 13.2. The topological polar surface area (TPSA) is 42.0 Å². The summed E-state index contributed by atoms with van der Waals surface area (Å²) >= 11 is 1.72. The Morgan fingerprint density at radius 1 is 1.35 bits per heavy atom. The van der Waals surface area contributed by atoms with Crippen LogP contribution in [0.25, 0.3) is 0 Å². The minimum absolute atomic E-state index is 0.0705. The molecule has 1 N–H and O–H groups in total. The highest BCUT2D eigenvalue weighted by Crippen LogP contribution is 2.37. The average molecular weight is 294 g/mol. The van der Waals surface area contributed by atoms with Crippen molar-refractivity contribution in [1.82, 2.24) is 10.3 Å². The SMILES string of the molecule is Cc1nc(C(CC(C)C)NC(=O)C(C)C2CC2)sc1C. The van der Waals surface area contributed by atoms with Crippen molar-refractivity contribution in [3.63, 3.8) is 0 Å². The summed E-state index contributed by atoms with van der Waals surface area (Å²) in [7, 11) is 0. The van der Waals surface area contributed by atoms with E-state index in [9.17, 15) is 4.79 Å².